The van der Waals surface area contributed by atoms with Gasteiger partial charge in [0.15, 0.2) is 0 Å². The van der Waals surface area contributed by atoms with E-state index in [1.165, 1.54) is 31.3 Å². The molecule has 21 heavy (non-hydrogen) atoms. The van der Waals surface area contributed by atoms with Gasteiger partial charge in [0, 0.05) is 6.07 Å². The fraction of sp³-hybridized carbons (Fsp3) is 0.143. The summed E-state index contributed by atoms with van der Waals surface area (Å²) in [7, 11) is 0. The van der Waals surface area contributed by atoms with Crippen LogP contribution >= 0.6 is 0 Å². The maximum atomic E-state index is 13.9. The van der Waals surface area contributed by atoms with Gasteiger partial charge in [-0.05, 0) is 19.1 Å². The van der Waals surface area contributed by atoms with Crippen molar-refractivity contribution in [2.45, 2.75) is 13.0 Å². The number of amides is 1. The molecule has 1 atom stereocenters. The number of rotatable bonds is 4. The highest BCUT2D eigenvalue weighted by molar-refractivity contribution is 5.97. The van der Waals surface area contributed by atoms with Gasteiger partial charge in [0.2, 0.25) is 5.91 Å². The van der Waals surface area contributed by atoms with E-state index in [0.717, 1.165) is 6.20 Å². The van der Waals surface area contributed by atoms with Crippen molar-refractivity contribution in [2.75, 3.05) is 10.6 Å². The Hall–Kier alpha value is -2.54. The Balaban J connectivity index is 2.31. The molecular formula is C14H14F2N4O. The highest BCUT2D eigenvalue weighted by Gasteiger charge is 2.14. The molecule has 4 N–H and O–H groups in total. The van der Waals surface area contributed by atoms with E-state index < -0.39 is 23.6 Å². The highest BCUT2D eigenvalue weighted by atomic mass is 19.1. The molecule has 0 saturated carbocycles. The predicted molar refractivity (Wildman–Crippen MR) is 76.2 cm³/mol. The van der Waals surface area contributed by atoms with Crippen LogP contribution in [0, 0.1) is 11.6 Å². The standard InChI is InChI=1S/C14H14F2N4O/c1-8(17)14(21)20-13-11(16)3-2-4-12(13)19-10-5-9(15)6-18-7-10/h2-8,19H,17H2,1H3,(H,20,21)/t8-/m0/s1. The van der Waals surface area contributed by atoms with E-state index in [1.54, 1.807) is 6.07 Å². The zero-order valence-electron chi connectivity index (χ0n) is 11.2. The van der Waals surface area contributed by atoms with Gasteiger partial charge in [-0.25, -0.2) is 8.78 Å². The minimum absolute atomic E-state index is 0.0518. The van der Waals surface area contributed by atoms with Crippen LogP contribution in [0.15, 0.2) is 36.7 Å². The molecule has 0 spiro atoms. The average molecular weight is 292 g/mol. The number of nitrogens with zero attached hydrogens (tertiary/aromatic N) is 1. The second-order valence-electron chi connectivity index (χ2n) is 4.46. The summed E-state index contributed by atoms with van der Waals surface area (Å²) in [5.74, 6) is -1.68. The summed E-state index contributed by atoms with van der Waals surface area (Å²) >= 11 is 0. The second kappa shape index (κ2) is 6.27. The van der Waals surface area contributed by atoms with Crippen LogP contribution in [-0.4, -0.2) is 16.9 Å². The molecule has 0 saturated heterocycles. The lowest BCUT2D eigenvalue weighted by Crippen LogP contribution is -2.33. The number of nitrogens with two attached hydrogens (primary N) is 1. The molecule has 0 fully saturated rings. The lowest BCUT2D eigenvalue weighted by Gasteiger charge is -2.15. The predicted octanol–water partition coefficient (Wildman–Crippen LogP) is 2.39. The SMILES string of the molecule is C[C@H](N)C(=O)Nc1c(F)cccc1Nc1cncc(F)c1. The largest absolute Gasteiger partial charge is 0.352 e. The first-order valence-electron chi connectivity index (χ1n) is 6.20. The Labute approximate surface area is 120 Å². The first kappa shape index (κ1) is 14.9. The molecule has 5 nitrogen and oxygen atoms in total. The number of nitrogens with one attached hydrogen (secondary N) is 2. The van der Waals surface area contributed by atoms with Gasteiger partial charge in [-0.1, -0.05) is 6.07 Å². The van der Waals surface area contributed by atoms with Gasteiger partial charge in [0.05, 0.1) is 29.8 Å². The molecule has 1 amide bonds. The number of hydrogen-bond donors (Lipinski definition) is 3. The number of anilines is 3. The van der Waals surface area contributed by atoms with Gasteiger partial charge in [-0.3, -0.25) is 9.78 Å². The van der Waals surface area contributed by atoms with Crippen LogP contribution in [0.25, 0.3) is 0 Å². The third-order valence-electron chi connectivity index (χ3n) is 2.66. The van der Waals surface area contributed by atoms with Gasteiger partial charge >= 0.3 is 0 Å². The van der Waals surface area contributed by atoms with Crippen molar-refractivity contribution in [3.63, 3.8) is 0 Å². The van der Waals surface area contributed by atoms with E-state index >= 15 is 0 Å². The lowest BCUT2D eigenvalue weighted by molar-refractivity contribution is -0.117. The normalized spacial score (nSPS) is 11.8. The monoisotopic (exact) mass is 292 g/mol. The minimum Gasteiger partial charge on any atom is -0.352 e. The second-order valence-corrected chi connectivity index (χ2v) is 4.46. The fourth-order valence-electron chi connectivity index (χ4n) is 1.63. The lowest BCUT2D eigenvalue weighted by atomic mass is 10.2. The van der Waals surface area contributed by atoms with Crippen molar-refractivity contribution in [1.82, 2.24) is 4.98 Å². The number of carbonyl (C=O) groups excluding carboxylic acids is 1. The quantitative estimate of drug-likeness (QED) is 0.808. The molecular weight excluding hydrogens is 278 g/mol. The number of para-hydroxylation sites is 1. The number of carbonyl (C=O) groups is 1. The van der Waals surface area contributed by atoms with E-state index in [0.29, 0.717) is 5.69 Å². The van der Waals surface area contributed by atoms with Crippen LogP contribution in [0.3, 0.4) is 0 Å². The molecule has 0 aliphatic carbocycles. The number of aromatic nitrogens is 1. The minimum atomic E-state index is -0.784. The van der Waals surface area contributed by atoms with Crippen LogP contribution in [-0.2, 0) is 4.79 Å². The maximum absolute atomic E-state index is 13.9. The Morgan fingerprint density at radius 2 is 2.10 bits per heavy atom. The molecule has 2 rings (SSSR count). The van der Waals surface area contributed by atoms with Gasteiger partial charge in [-0.15, -0.1) is 0 Å². The van der Waals surface area contributed by atoms with Crippen molar-refractivity contribution >= 4 is 23.0 Å². The van der Waals surface area contributed by atoms with Crippen molar-refractivity contribution in [2.24, 2.45) is 5.73 Å². The molecule has 0 aliphatic rings. The molecule has 1 aromatic carbocycles. The topological polar surface area (TPSA) is 80.0 Å². The molecule has 110 valence electrons. The Morgan fingerprint density at radius 3 is 2.76 bits per heavy atom. The number of halogens is 2. The molecule has 2 aromatic rings. The molecule has 0 aliphatic heterocycles. The van der Waals surface area contributed by atoms with Gasteiger partial charge < -0.3 is 16.4 Å². The summed E-state index contributed by atoms with van der Waals surface area (Å²) in [6.45, 7) is 1.49. The molecule has 1 heterocycles. The number of benzene rings is 1. The Bertz CT molecular complexity index is 661. The van der Waals surface area contributed by atoms with Crippen molar-refractivity contribution in [3.05, 3.63) is 48.3 Å². The van der Waals surface area contributed by atoms with E-state index in [-0.39, 0.29) is 11.4 Å². The summed E-state index contributed by atoms with van der Waals surface area (Å²) in [4.78, 5) is 15.3. The Morgan fingerprint density at radius 1 is 1.33 bits per heavy atom. The molecule has 0 bridgehead atoms. The van der Waals surface area contributed by atoms with Crippen LogP contribution in [0.2, 0.25) is 0 Å². The molecule has 1 aromatic heterocycles. The van der Waals surface area contributed by atoms with Gasteiger partial charge in [-0.2, -0.15) is 0 Å². The van der Waals surface area contributed by atoms with E-state index in [1.807, 2.05) is 0 Å². The first-order valence-corrected chi connectivity index (χ1v) is 6.20. The summed E-state index contributed by atoms with van der Waals surface area (Å²) < 4.78 is 27.0. The fourth-order valence-corrected chi connectivity index (χ4v) is 1.63. The maximum Gasteiger partial charge on any atom is 0.241 e. The van der Waals surface area contributed by atoms with E-state index in [4.69, 9.17) is 5.73 Å². The first-order chi connectivity index (χ1) is 9.97. The van der Waals surface area contributed by atoms with E-state index in [9.17, 15) is 13.6 Å². The third kappa shape index (κ3) is 3.73. The zero-order chi connectivity index (χ0) is 15.4. The number of pyridine rings is 1. The highest BCUT2D eigenvalue weighted by Crippen LogP contribution is 2.28. The van der Waals surface area contributed by atoms with Crippen molar-refractivity contribution in [3.8, 4) is 0 Å². The summed E-state index contributed by atoms with van der Waals surface area (Å²) in [5, 5.41) is 5.20. The van der Waals surface area contributed by atoms with Crippen molar-refractivity contribution < 1.29 is 13.6 Å². The smallest absolute Gasteiger partial charge is 0.241 e. The van der Waals surface area contributed by atoms with Crippen LogP contribution < -0.4 is 16.4 Å². The van der Waals surface area contributed by atoms with Crippen molar-refractivity contribution in [1.29, 1.82) is 0 Å². The third-order valence-corrected chi connectivity index (χ3v) is 2.66. The summed E-state index contributed by atoms with van der Waals surface area (Å²) in [6, 6.07) is 4.63. The molecule has 7 heteroatoms. The van der Waals surface area contributed by atoms with Crippen LogP contribution in [0.1, 0.15) is 6.92 Å². The summed E-state index contributed by atoms with van der Waals surface area (Å²) in [5.41, 5.74) is 5.99. The molecule has 0 unspecified atom stereocenters. The van der Waals surface area contributed by atoms with Crippen LogP contribution in [0.5, 0.6) is 0 Å². The van der Waals surface area contributed by atoms with Gasteiger partial charge in [0.25, 0.3) is 0 Å². The van der Waals surface area contributed by atoms with Crippen LogP contribution in [0.4, 0.5) is 25.8 Å². The van der Waals surface area contributed by atoms with E-state index in [2.05, 4.69) is 15.6 Å². The Kier molecular flexibility index (Phi) is 4.44. The molecule has 0 radical (unpaired) electrons. The summed E-state index contributed by atoms with van der Waals surface area (Å²) in [6.07, 6.45) is 2.43. The number of hydrogen-bond acceptors (Lipinski definition) is 4. The average Bonchev–Trinajstić information content (AvgIpc) is 2.42. The van der Waals surface area contributed by atoms with Gasteiger partial charge in [0.1, 0.15) is 17.3 Å². The zero-order valence-corrected chi connectivity index (χ0v) is 11.2.